The molecule has 0 bridgehead atoms. The van der Waals surface area contributed by atoms with Crippen LogP contribution in [0, 0.1) is 0 Å². The molecular weight excluding hydrogens is 799 g/mol. The molecule has 2 heteroatoms. The SMILES string of the molecule is c1ccc(N(c2ccc(-c3ccc4c(c3)-c3oc5ccccc5c3C43c4ccccc4-c4ccccc43)cc2)c2ccc3c(c2)C2(c4ccccc4-c4ccccc42)c2ccccc2-3)cc1. The molecule has 0 saturated carbocycles. The van der Waals surface area contributed by atoms with Crippen LogP contribution in [0.5, 0.6) is 0 Å². The van der Waals surface area contributed by atoms with Crippen LogP contribution in [-0.2, 0) is 10.8 Å². The summed E-state index contributed by atoms with van der Waals surface area (Å²) in [4.78, 5) is 2.41. The van der Waals surface area contributed by atoms with Crippen LogP contribution in [0.2, 0.25) is 0 Å². The zero-order valence-corrected chi connectivity index (χ0v) is 35.9. The minimum absolute atomic E-state index is 0.421. The van der Waals surface area contributed by atoms with E-state index in [4.69, 9.17) is 4.42 Å². The largest absolute Gasteiger partial charge is 0.456 e. The standard InChI is InChI=1S/C64H39NO/c1-2-16-42(17-3-1)65(44-35-36-50-49-22-6-12-26-55(49)63(59(50)39-44)53-24-10-4-18-45(53)46-19-5-11-25-54(46)63)43-33-30-40(31-34-43)41-32-37-58-52(38-41)62-61(51-23-9-15-29-60(51)66-62)64(58)56-27-13-7-20-47(56)48-21-8-14-28-57(48)64/h1-39H. The first-order chi connectivity index (χ1) is 32.7. The molecule has 0 aliphatic heterocycles. The Bertz CT molecular complexity index is 3730. The predicted octanol–water partition coefficient (Wildman–Crippen LogP) is 16.3. The molecule has 15 rings (SSSR count). The Morgan fingerprint density at radius 1 is 0.288 bits per heavy atom. The maximum Gasteiger partial charge on any atom is 0.140 e. The second-order valence-corrected chi connectivity index (χ2v) is 18.2. The van der Waals surface area contributed by atoms with Gasteiger partial charge in [0, 0.05) is 33.6 Å². The fourth-order valence-electron chi connectivity index (χ4n) is 12.8. The summed E-state index contributed by atoms with van der Waals surface area (Å²) in [5.41, 5.74) is 25.2. The molecular formula is C64H39NO. The summed E-state index contributed by atoms with van der Waals surface area (Å²) in [6.45, 7) is 0. The highest BCUT2D eigenvalue weighted by Crippen LogP contribution is 2.66. The third-order valence-electron chi connectivity index (χ3n) is 15.3. The van der Waals surface area contributed by atoms with E-state index >= 15 is 0 Å². The first kappa shape index (κ1) is 35.9. The van der Waals surface area contributed by atoms with Gasteiger partial charge in [-0.2, -0.15) is 0 Å². The first-order valence-corrected chi connectivity index (χ1v) is 23.0. The van der Waals surface area contributed by atoms with Gasteiger partial charge < -0.3 is 9.32 Å². The average molecular weight is 838 g/mol. The summed E-state index contributed by atoms with van der Waals surface area (Å²) in [6.07, 6.45) is 0. The molecule has 4 aliphatic carbocycles. The van der Waals surface area contributed by atoms with E-state index in [1.807, 2.05) is 0 Å². The van der Waals surface area contributed by atoms with Crippen LogP contribution in [-0.4, -0.2) is 0 Å². The van der Waals surface area contributed by atoms with Crippen molar-refractivity contribution in [2.45, 2.75) is 10.8 Å². The van der Waals surface area contributed by atoms with Gasteiger partial charge >= 0.3 is 0 Å². The first-order valence-electron chi connectivity index (χ1n) is 23.0. The van der Waals surface area contributed by atoms with E-state index in [-0.39, 0.29) is 0 Å². The smallest absolute Gasteiger partial charge is 0.140 e. The number of nitrogens with zero attached hydrogens (tertiary/aromatic N) is 1. The molecule has 0 amide bonds. The molecule has 0 fully saturated rings. The Kier molecular flexibility index (Phi) is 7.11. The van der Waals surface area contributed by atoms with E-state index < -0.39 is 10.8 Å². The number of rotatable bonds is 4. The summed E-state index contributed by atoms with van der Waals surface area (Å²) >= 11 is 0. The number of anilines is 3. The van der Waals surface area contributed by atoms with Gasteiger partial charge in [0.15, 0.2) is 0 Å². The molecule has 2 spiro atoms. The quantitative estimate of drug-likeness (QED) is 0.176. The lowest BCUT2D eigenvalue weighted by atomic mass is 9.70. The van der Waals surface area contributed by atoms with Gasteiger partial charge in [-0.1, -0.05) is 188 Å². The Morgan fingerprint density at radius 2 is 0.727 bits per heavy atom. The Morgan fingerprint density at radius 3 is 1.32 bits per heavy atom. The average Bonchev–Trinajstić information content (AvgIpc) is 4.15. The van der Waals surface area contributed by atoms with Crippen molar-refractivity contribution in [1.29, 1.82) is 0 Å². The summed E-state index contributed by atoms with van der Waals surface area (Å²) in [6, 6.07) is 87.7. The number of benzene rings is 10. The molecule has 0 saturated heterocycles. The number of hydrogen-bond acceptors (Lipinski definition) is 2. The molecule has 66 heavy (non-hydrogen) atoms. The third-order valence-corrected chi connectivity index (χ3v) is 15.3. The van der Waals surface area contributed by atoms with E-state index in [1.54, 1.807) is 0 Å². The lowest BCUT2D eigenvalue weighted by Crippen LogP contribution is -2.26. The van der Waals surface area contributed by atoms with Crippen LogP contribution in [0.3, 0.4) is 0 Å². The van der Waals surface area contributed by atoms with Gasteiger partial charge in [0.05, 0.1) is 10.8 Å². The van der Waals surface area contributed by atoms with Crippen molar-refractivity contribution in [2.24, 2.45) is 0 Å². The highest BCUT2D eigenvalue weighted by Gasteiger charge is 2.55. The van der Waals surface area contributed by atoms with Gasteiger partial charge in [-0.15, -0.1) is 0 Å². The summed E-state index contributed by atoms with van der Waals surface area (Å²) < 4.78 is 6.91. The van der Waals surface area contributed by atoms with Crippen molar-refractivity contribution in [3.8, 4) is 55.8 Å². The number of para-hydroxylation sites is 2. The van der Waals surface area contributed by atoms with Crippen LogP contribution in [0.4, 0.5) is 17.1 Å². The molecule has 4 aliphatic rings. The van der Waals surface area contributed by atoms with Crippen molar-refractivity contribution in [3.63, 3.8) is 0 Å². The monoisotopic (exact) mass is 837 g/mol. The van der Waals surface area contributed by atoms with E-state index in [1.165, 1.54) is 83.3 Å². The maximum absolute atomic E-state index is 6.91. The highest BCUT2D eigenvalue weighted by molar-refractivity contribution is 6.03. The Balaban J connectivity index is 0.882. The molecule has 0 atom stereocenters. The molecule has 11 aromatic rings. The molecule has 10 aromatic carbocycles. The van der Waals surface area contributed by atoms with Gasteiger partial charge in [-0.05, 0) is 132 Å². The topological polar surface area (TPSA) is 16.4 Å². The molecule has 0 N–H and O–H groups in total. The Hall–Kier alpha value is -8.46. The van der Waals surface area contributed by atoms with Gasteiger partial charge in [0.2, 0.25) is 0 Å². The second-order valence-electron chi connectivity index (χ2n) is 18.2. The molecule has 0 radical (unpaired) electrons. The maximum atomic E-state index is 6.91. The van der Waals surface area contributed by atoms with Crippen LogP contribution in [0.25, 0.3) is 66.8 Å². The van der Waals surface area contributed by atoms with Crippen molar-refractivity contribution >= 4 is 28.0 Å². The van der Waals surface area contributed by atoms with Crippen molar-refractivity contribution in [3.05, 3.63) is 281 Å². The fourth-order valence-corrected chi connectivity index (χ4v) is 12.8. The summed E-state index contributed by atoms with van der Waals surface area (Å²) in [5, 5.41) is 1.17. The molecule has 1 heterocycles. The van der Waals surface area contributed by atoms with Crippen LogP contribution < -0.4 is 4.90 Å². The van der Waals surface area contributed by atoms with Crippen molar-refractivity contribution in [1.82, 2.24) is 0 Å². The minimum atomic E-state index is -0.471. The Labute approximate surface area is 383 Å². The molecule has 2 nitrogen and oxygen atoms in total. The fraction of sp³-hybridized carbons (Fsp3) is 0.0312. The zero-order valence-electron chi connectivity index (χ0n) is 35.9. The van der Waals surface area contributed by atoms with E-state index in [2.05, 4.69) is 241 Å². The van der Waals surface area contributed by atoms with Gasteiger partial charge in [0.25, 0.3) is 0 Å². The number of hydrogen-bond donors (Lipinski definition) is 0. The zero-order chi connectivity index (χ0) is 43.1. The molecule has 306 valence electrons. The number of furan rings is 1. The van der Waals surface area contributed by atoms with Crippen molar-refractivity contribution < 1.29 is 4.42 Å². The van der Waals surface area contributed by atoms with Crippen LogP contribution in [0.1, 0.15) is 44.5 Å². The van der Waals surface area contributed by atoms with E-state index in [0.29, 0.717) is 0 Å². The molecule has 1 aromatic heterocycles. The summed E-state index contributed by atoms with van der Waals surface area (Å²) in [5.74, 6) is 0.968. The lowest BCUT2D eigenvalue weighted by molar-refractivity contribution is 0.628. The van der Waals surface area contributed by atoms with E-state index in [9.17, 15) is 0 Å². The summed E-state index contributed by atoms with van der Waals surface area (Å²) in [7, 11) is 0. The van der Waals surface area contributed by atoms with Gasteiger partial charge in [-0.3, -0.25) is 0 Å². The minimum Gasteiger partial charge on any atom is -0.456 e. The van der Waals surface area contributed by atoms with Crippen molar-refractivity contribution in [2.75, 3.05) is 4.90 Å². The lowest BCUT2D eigenvalue weighted by Gasteiger charge is -2.32. The van der Waals surface area contributed by atoms with Crippen LogP contribution in [0.15, 0.2) is 241 Å². The van der Waals surface area contributed by atoms with Gasteiger partial charge in [-0.25, -0.2) is 0 Å². The van der Waals surface area contributed by atoms with Crippen LogP contribution >= 0.6 is 0 Å². The normalized spacial score (nSPS) is 14.3. The highest BCUT2D eigenvalue weighted by atomic mass is 16.3. The predicted molar refractivity (Wildman–Crippen MR) is 269 cm³/mol. The van der Waals surface area contributed by atoms with E-state index in [0.717, 1.165) is 45.1 Å². The molecule has 0 unspecified atom stereocenters. The third kappa shape index (κ3) is 4.41. The van der Waals surface area contributed by atoms with Gasteiger partial charge in [0.1, 0.15) is 11.3 Å². The number of fused-ring (bicyclic) bond motifs is 22. The second kappa shape index (κ2) is 13.1.